The second kappa shape index (κ2) is 4.53. The van der Waals surface area contributed by atoms with Crippen LogP contribution in [-0.4, -0.2) is 10.8 Å². The first-order valence-corrected chi connectivity index (χ1v) is 7.62. The monoisotopic (exact) mass is 279 g/mol. The van der Waals surface area contributed by atoms with Gasteiger partial charge in [0, 0.05) is 28.6 Å². The molecule has 1 aliphatic rings. The maximum Gasteiger partial charge on any atom is 0.175 e. The molecule has 0 atom stereocenters. The normalized spacial score (nSPS) is 14.6. The van der Waals surface area contributed by atoms with Gasteiger partial charge in [-0.3, -0.25) is 9.78 Å². The Morgan fingerprint density at radius 1 is 1.15 bits per heavy atom. The molecule has 1 aromatic carbocycles. The van der Waals surface area contributed by atoms with E-state index in [0.29, 0.717) is 11.7 Å². The van der Waals surface area contributed by atoms with Crippen LogP contribution in [0.25, 0.3) is 21.2 Å². The van der Waals surface area contributed by atoms with Crippen LogP contribution < -0.4 is 0 Å². The highest BCUT2D eigenvalue weighted by Crippen LogP contribution is 2.38. The first kappa shape index (κ1) is 11.8. The lowest BCUT2D eigenvalue weighted by Gasteiger charge is -2.03. The molecule has 0 unspecified atom stereocenters. The van der Waals surface area contributed by atoms with E-state index in [-0.39, 0.29) is 0 Å². The van der Waals surface area contributed by atoms with E-state index in [1.54, 1.807) is 11.3 Å². The maximum absolute atomic E-state index is 12.1. The van der Waals surface area contributed by atoms with Crippen LogP contribution in [0.1, 0.15) is 22.5 Å². The molecule has 3 heteroatoms. The summed E-state index contributed by atoms with van der Waals surface area (Å²) in [5.41, 5.74) is 1.18. The van der Waals surface area contributed by atoms with Gasteiger partial charge in [-0.25, -0.2) is 0 Å². The lowest BCUT2D eigenvalue weighted by molar-refractivity contribution is 0.0971. The van der Waals surface area contributed by atoms with E-state index in [2.05, 4.69) is 23.2 Å². The van der Waals surface area contributed by atoms with Crippen molar-refractivity contribution in [2.45, 2.75) is 12.8 Å². The first-order chi connectivity index (χ1) is 9.83. The van der Waals surface area contributed by atoms with Crippen molar-refractivity contribution in [3.8, 4) is 10.4 Å². The molecule has 4 rings (SSSR count). The smallest absolute Gasteiger partial charge is 0.175 e. The highest BCUT2D eigenvalue weighted by Gasteiger charge is 2.31. The minimum absolute atomic E-state index is 0.290. The molecule has 98 valence electrons. The van der Waals surface area contributed by atoms with E-state index in [4.69, 9.17) is 0 Å². The number of rotatable bonds is 3. The first-order valence-electron chi connectivity index (χ1n) is 6.80. The Bertz CT molecular complexity index is 796. The average molecular weight is 279 g/mol. The number of fused-ring (bicyclic) bond motifs is 1. The molecule has 0 N–H and O–H groups in total. The Kier molecular flexibility index (Phi) is 2.67. The fourth-order valence-corrected chi connectivity index (χ4v) is 3.56. The molecule has 0 spiro atoms. The summed E-state index contributed by atoms with van der Waals surface area (Å²) in [6.45, 7) is 0. The fourth-order valence-electron chi connectivity index (χ4n) is 2.50. The van der Waals surface area contributed by atoms with E-state index in [9.17, 15) is 4.79 Å². The van der Waals surface area contributed by atoms with Crippen LogP contribution in [-0.2, 0) is 0 Å². The zero-order chi connectivity index (χ0) is 13.5. The summed E-state index contributed by atoms with van der Waals surface area (Å²) in [5.74, 6) is 0.612. The van der Waals surface area contributed by atoms with Gasteiger partial charge in [0.2, 0.25) is 0 Å². The summed E-state index contributed by atoms with van der Waals surface area (Å²) >= 11 is 1.61. The van der Waals surface area contributed by atoms with Crippen molar-refractivity contribution in [3.05, 3.63) is 53.7 Å². The molecule has 1 fully saturated rings. The van der Waals surface area contributed by atoms with Crippen molar-refractivity contribution in [3.63, 3.8) is 0 Å². The second-order valence-electron chi connectivity index (χ2n) is 5.20. The van der Waals surface area contributed by atoms with Crippen LogP contribution in [0.3, 0.4) is 0 Å². The molecule has 2 nitrogen and oxygen atoms in total. The van der Waals surface area contributed by atoms with E-state index < -0.39 is 0 Å². The molecular formula is C17H13NOS. The number of hydrogen-bond donors (Lipinski definition) is 0. The zero-order valence-corrected chi connectivity index (χ0v) is 11.7. The van der Waals surface area contributed by atoms with Crippen molar-refractivity contribution >= 4 is 27.9 Å². The summed E-state index contributed by atoms with van der Waals surface area (Å²) in [6, 6.07) is 12.3. The van der Waals surface area contributed by atoms with E-state index in [1.807, 2.05) is 30.6 Å². The number of Topliss-reactive ketones (excluding diaryl/α,β-unsaturated/α-hetero) is 1. The van der Waals surface area contributed by atoms with E-state index >= 15 is 0 Å². The van der Waals surface area contributed by atoms with Crippen LogP contribution in [0.15, 0.2) is 48.8 Å². The molecule has 0 bridgehead atoms. The fraction of sp³-hybridized carbons (Fsp3) is 0.176. The SMILES string of the molecule is O=C(c1ccc(-c2cccc3cnccc23)s1)C1CC1. The summed E-state index contributed by atoms with van der Waals surface area (Å²) < 4.78 is 0. The van der Waals surface area contributed by atoms with Crippen LogP contribution in [0.2, 0.25) is 0 Å². The maximum atomic E-state index is 12.1. The number of benzene rings is 1. The van der Waals surface area contributed by atoms with Crippen molar-refractivity contribution in [2.24, 2.45) is 5.92 Å². The molecule has 1 aliphatic carbocycles. The minimum Gasteiger partial charge on any atom is -0.293 e. The lowest BCUT2D eigenvalue weighted by atomic mass is 10.1. The van der Waals surface area contributed by atoms with Gasteiger partial charge in [-0.15, -0.1) is 11.3 Å². The van der Waals surface area contributed by atoms with Crippen molar-refractivity contribution in [2.75, 3.05) is 0 Å². The highest BCUT2D eigenvalue weighted by atomic mass is 32.1. The molecule has 0 saturated heterocycles. The van der Waals surface area contributed by atoms with Crippen molar-refractivity contribution in [1.82, 2.24) is 4.98 Å². The summed E-state index contributed by atoms with van der Waals surface area (Å²) in [7, 11) is 0. The molecule has 0 amide bonds. The van der Waals surface area contributed by atoms with Gasteiger partial charge in [0.15, 0.2) is 5.78 Å². The predicted octanol–water partition coefficient (Wildman–Crippen LogP) is 4.56. The number of thiophene rings is 1. The quantitative estimate of drug-likeness (QED) is 0.658. The van der Waals surface area contributed by atoms with Gasteiger partial charge in [0.05, 0.1) is 4.88 Å². The Morgan fingerprint density at radius 2 is 2.05 bits per heavy atom. The summed E-state index contributed by atoms with van der Waals surface area (Å²) in [4.78, 5) is 18.3. The predicted molar refractivity (Wildman–Crippen MR) is 82.1 cm³/mol. The average Bonchev–Trinajstić information content (AvgIpc) is 3.23. The van der Waals surface area contributed by atoms with Crippen LogP contribution in [0.4, 0.5) is 0 Å². The molecule has 1 saturated carbocycles. The van der Waals surface area contributed by atoms with Crippen molar-refractivity contribution in [1.29, 1.82) is 0 Å². The van der Waals surface area contributed by atoms with Gasteiger partial charge < -0.3 is 0 Å². The summed E-state index contributed by atoms with van der Waals surface area (Å²) in [5, 5.41) is 2.32. The highest BCUT2D eigenvalue weighted by molar-refractivity contribution is 7.17. The molecule has 20 heavy (non-hydrogen) atoms. The number of carbonyl (C=O) groups is 1. The third-order valence-corrected chi connectivity index (χ3v) is 4.88. The zero-order valence-electron chi connectivity index (χ0n) is 10.9. The van der Waals surface area contributed by atoms with E-state index in [1.165, 1.54) is 10.9 Å². The molecule has 3 aromatic rings. The number of ketones is 1. The van der Waals surface area contributed by atoms with Gasteiger partial charge in [0.1, 0.15) is 0 Å². The molecular weight excluding hydrogens is 266 g/mol. The standard InChI is InChI=1S/C17H13NOS/c19-17(11-4-5-11)16-7-6-15(20-16)14-3-1-2-12-10-18-9-8-13(12)14/h1-3,6-11H,4-5H2. The largest absolute Gasteiger partial charge is 0.293 e. The van der Waals surface area contributed by atoms with Crippen LogP contribution in [0, 0.1) is 5.92 Å². The Morgan fingerprint density at radius 3 is 2.90 bits per heavy atom. The minimum atomic E-state index is 0.290. The number of pyridine rings is 1. The van der Waals surface area contributed by atoms with Gasteiger partial charge in [-0.2, -0.15) is 0 Å². The molecule has 2 heterocycles. The summed E-state index contributed by atoms with van der Waals surface area (Å²) in [6.07, 6.45) is 5.82. The van der Waals surface area contributed by atoms with Crippen LogP contribution in [0.5, 0.6) is 0 Å². The topological polar surface area (TPSA) is 30.0 Å². The van der Waals surface area contributed by atoms with E-state index in [0.717, 1.165) is 28.0 Å². The third kappa shape index (κ3) is 1.95. The van der Waals surface area contributed by atoms with Gasteiger partial charge in [0.25, 0.3) is 0 Å². The lowest BCUT2D eigenvalue weighted by Crippen LogP contribution is -1.96. The third-order valence-electron chi connectivity index (χ3n) is 3.74. The van der Waals surface area contributed by atoms with Gasteiger partial charge in [-0.05, 0) is 42.0 Å². The number of nitrogens with zero attached hydrogens (tertiary/aromatic N) is 1. The number of aromatic nitrogens is 1. The molecule has 0 radical (unpaired) electrons. The van der Waals surface area contributed by atoms with Crippen molar-refractivity contribution < 1.29 is 4.79 Å². The van der Waals surface area contributed by atoms with Crippen LogP contribution >= 0.6 is 11.3 Å². The molecule has 2 aromatic heterocycles. The Hall–Kier alpha value is -2.00. The number of hydrogen-bond acceptors (Lipinski definition) is 3. The Balaban J connectivity index is 1.81. The Labute approximate surface area is 121 Å². The number of carbonyl (C=O) groups excluding carboxylic acids is 1. The second-order valence-corrected chi connectivity index (χ2v) is 6.29. The van der Waals surface area contributed by atoms with Gasteiger partial charge in [-0.1, -0.05) is 18.2 Å². The molecule has 0 aliphatic heterocycles. The van der Waals surface area contributed by atoms with Gasteiger partial charge >= 0.3 is 0 Å².